The van der Waals surface area contributed by atoms with E-state index in [0.717, 1.165) is 27.3 Å². The lowest BCUT2D eigenvalue weighted by molar-refractivity contribution is -0.129. The molecule has 4 rings (SSSR count). The predicted octanol–water partition coefficient (Wildman–Crippen LogP) is 4.32. The summed E-state index contributed by atoms with van der Waals surface area (Å²) in [5.41, 5.74) is 7.08. The molecule has 3 aromatic carbocycles. The fourth-order valence-corrected chi connectivity index (χ4v) is 3.37. The van der Waals surface area contributed by atoms with Crippen LogP contribution in [0.5, 0.6) is 5.75 Å². The van der Waals surface area contributed by atoms with Gasteiger partial charge in [-0.2, -0.15) is 0 Å². The second-order valence-electron chi connectivity index (χ2n) is 6.89. The maximum atomic E-state index is 12.3. The number of carbonyl (C=O) groups is 2. The lowest BCUT2D eigenvalue weighted by Crippen LogP contribution is -2.44. The van der Waals surface area contributed by atoms with Crippen LogP contribution in [0.1, 0.15) is 11.1 Å². The summed E-state index contributed by atoms with van der Waals surface area (Å²) in [6.45, 7) is 1.61. The first-order valence-corrected chi connectivity index (χ1v) is 9.73. The van der Waals surface area contributed by atoms with Crippen molar-refractivity contribution >= 4 is 45.2 Å². The summed E-state index contributed by atoms with van der Waals surface area (Å²) in [7, 11) is 0. The van der Waals surface area contributed by atoms with E-state index in [0.29, 0.717) is 16.4 Å². The van der Waals surface area contributed by atoms with Gasteiger partial charge in [0.2, 0.25) is 5.91 Å². The van der Waals surface area contributed by atoms with Crippen LogP contribution in [-0.4, -0.2) is 18.4 Å². The number of aryl methyl sites for hydroxylation is 1. The minimum atomic E-state index is -0.474. The lowest BCUT2D eigenvalue weighted by atomic mass is 10.0. The zero-order valence-corrected chi connectivity index (χ0v) is 17.0. The molecule has 152 valence electrons. The molecule has 6 nitrogen and oxygen atoms in total. The normalized spacial score (nSPS) is 10.9. The van der Waals surface area contributed by atoms with Crippen molar-refractivity contribution in [2.45, 2.75) is 13.3 Å². The highest BCUT2D eigenvalue weighted by molar-refractivity contribution is 6.31. The fraction of sp³-hybridized carbons (Fsp3) is 0.130. The molecule has 0 radical (unpaired) electrons. The molecule has 0 aliphatic heterocycles. The molecular formula is C23H19ClN2O4. The minimum Gasteiger partial charge on any atom is -0.484 e. The molecule has 0 saturated heterocycles. The quantitative estimate of drug-likeness (QED) is 0.469. The van der Waals surface area contributed by atoms with Crippen molar-refractivity contribution in [3.8, 4) is 5.75 Å². The Balaban J connectivity index is 1.35. The molecule has 30 heavy (non-hydrogen) atoms. The minimum absolute atomic E-state index is 0.0680. The van der Waals surface area contributed by atoms with Crippen LogP contribution in [0.4, 0.5) is 0 Å². The van der Waals surface area contributed by atoms with E-state index in [4.69, 9.17) is 20.8 Å². The third kappa shape index (κ3) is 4.23. The Labute approximate surface area is 177 Å². The van der Waals surface area contributed by atoms with E-state index >= 15 is 0 Å². The first kappa shape index (κ1) is 19.8. The average Bonchev–Trinajstić information content (AvgIpc) is 3.16. The Morgan fingerprint density at radius 1 is 1.03 bits per heavy atom. The summed E-state index contributed by atoms with van der Waals surface area (Å²) in [5, 5.41) is 3.60. The third-order valence-electron chi connectivity index (χ3n) is 4.73. The summed E-state index contributed by atoms with van der Waals surface area (Å²) in [4.78, 5) is 24.3. The molecule has 0 unspecified atom stereocenters. The zero-order valence-electron chi connectivity index (χ0n) is 16.2. The molecule has 0 atom stereocenters. The molecule has 0 aliphatic carbocycles. The third-order valence-corrected chi connectivity index (χ3v) is 5.16. The van der Waals surface area contributed by atoms with Crippen LogP contribution in [-0.2, 0) is 16.0 Å². The summed E-state index contributed by atoms with van der Waals surface area (Å²) in [5.74, 6) is -0.310. The molecular weight excluding hydrogens is 404 g/mol. The van der Waals surface area contributed by atoms with Crippen LogP contribution in [0.15, 0.2) is 65.3 Å². The number of hydrogen-bond acceptors (Lipinski definition) is 4. The molecule has 0 saturated carbocycles. The predicted molar refractivity (Wildman–Crippen MR) is 115 cm³/mol. The fourth-order valence-electron chi connectivity index (χ4n) is 3.25. The van der Waals surface area contributed by atoms with Gasteiger partial charge in [0.05, 0.1) is 12.7 Å². The van der Waals surface area contributed by atoms with Gasteiger partial charge in [0.15, 0.2) is 6.61 Å². The summed E-state index contributed by atoms with van der Waals surface area (Å²) in [6, 6.07) is 16.9. The maximum Gasteiger partial charge on any atom is 0.276 e. The Morgan fingerprint density at radius 3 is 2.67 bits per heavy atom. The molecule has 0 spiro atoms. The number of hydrogen-bond donors (Lipinski definition) is 2. The van der Waals surface area contributed by atoms with Gasteiger partial charge in [-0.25, -0.2) is 0 Å². The Hall–Kier alpha value is -3.51. The van der Waals surface area contributed by atoms with Crippen LogP contribution < -0.4 is 15.6 Å². The number of hydrazine groups is 1. The second-order valence-corrected chi connectivity index (χ2v) is 7.30. The van der Waals surface area contributed by atoms with Gasteiger partial charge in [0, 0.05) is 16.0 Å². The molecule has 2 N–H and O–H groups in total. The highest BCUT2D eigenvalue weighted by Crippen LogP contribution is 2.30. The Morgan fingerprint density at radius 2 is 1.83 bits per heavy atom. The molecule has 0 bridgehead atoms. The van der Waals surface area contributed by atoms with Gasteiger partial charge in [-0.1, -0.05) is 41.9 Å². The second kappa shape index (κ2) is 8.47. The van der Waals surface area contributed by atoms with Crippen LogP contribution in [0.2, 0.25) is 5.02 Å². The number of amides is 2. The number of benzene rings is 3. The van der Waals surface area contributed by atoms with Crippen LogP contribution in [0, 0.1) is 6.92 Å². The number of nitrogens with one attached hydrogen (secondary N) is 2. The summed E-state index contributed by atoms with van der Waals surface area (Å²) < 4.78 is 11.0. The molecule has 0 fully saturated rings. The van der Waals surface area contributed by atoms with Gasteiger partial charge in [-0.15, -0.1) is 0 Å². The molecule has 1 heterocycles. The van der Waals surface area contributed by atoms with E-state index in [-0.39, 0.29) is 18.9 Å². The van der Waals surface area contributed by atoms with Crippen molar-refractivity contribution < 1.29 is 18.7 Å². The van der Waals surface area contributed by atoms with E-state index in [1.54, 1.807) is 24.5 Å². The van der Waals surface area contributed by atoms with E-state index < -0.39 is 5.91 Å². The largest absolute Gasteiger partial charge is 0.484 e. The average molecular weight is 423 g/mol. The Kier molecular flexibility index (Phi) is 5.59. The van der Waals surface area contributed by atoms with E-state index in [2.05, 4.69) is 10.9 Å². The SMILES string of the molecule is Cc1cc(OCC(=O)NNC(=O)Cc2coc3ccc4ccccc4c23)ccc1Cl. The van der Waals surface area contributed by atoms with Crippen molar-refractivity contribution in [2.75, 3.05) is 6.61 Å². The van der Waals surface area contributed by atoms with E-state index in [1.165, 1.54) is 0 Å². The first-order valence-electron chi connectivity index (χ1n) is 9.36. The molecule has 0 aliphatic rings. The van der Waals surface area contributed by atoms with E-state index in [9.17, 15) is 9.59 Å². The van der Waals surface area contributed by atoms with Gasteiger partial charge in [0.1, 0.15) is 11.3 Å². The first-order chi connectivity index (χ1) is 14.5. The van der Waals surface area contributed by atoms with Gasteiger partial charge in [-0.3, -0.25) is 20.4 Å². The Bertz CT molecular complexity index is 1250. The number of rotatable bonds is 5. The van der Waals surface area contributed by atoms with Crippen molar-refractivity contribution in [3.05, 3.63) is 77.0 Å². The standard InChI is InChI=1S/C23H19ClN2O4/c1-14-10-17(7-8-19(14)24)29-13-22(28)26-25-21(27)11-16-12-30-20-9-6-15-4-2-3-5-18(15)23(16)20/h2-10,12H,11,13H2,1H3,(H,25,27)(H,26,28). The number of fused-ring (bicyclic) bond motifs is 3. The highest BCUT2D eigenvalue weighted by Gasteiger charge is 2.14. The number of ether oxygens (including phenoxy) is 1. The topological polar surface area (TPSA) is 80.6 Å². The van der Waals surface area contributed by atoms with Crippen molar-refractivity contribution in [2.24, 2.45) is 0 Å². The van der Waals surface area contributed by atoms with Gasteiger partial charge in [0.25, 0.3) is 5.91 Å². The monoisotopic (exact) mass is 422 g/mol. The highest BCUT2D eigenvalue weighted by atomic mass is 35.5. The van der Waals surface area contributed by atoms with Gasteiger partial charge < -0.3 is 9.15 Å². The summed E-state index contributed by atoms with van der Waals surface area (Å²) in [6.07, 6.45) is 1.64. The number of carbonyl (C=O) groups excluding carboxylic acids is 2. The number of furan rings is 1. The van der Waals surface area contributed by atoms with Crippen molar-refractivity contribution in [3.63, 3.8) is 0 Å². The summed E-state index contributed by atoms with van der Waals surface area (Å²) >= 11 is 5.97. The van der Waals surface area contributed by atoms with Crippen molar-refractivity contribution in [1.82, 2.24) is 10.9 Å². The molecule has 1 aromatic heterocycles. The van der Waals surface area contributed by atoms with Crippen LogP contribution in [0.3, 0.4) is 0 Å². The molecule has 2 amide bonds. The maximum absolute atomic E-state index is 12.3. The van der Waals surface area contributed by atoms with E-state index in [1.807, 2.05) is 43.3 Å². The van der Waals surface area contributed by atoms with Crippen LogP contribution >= 0.6 is 11.6 Å². The van der Waals surface area contributed by atoms with Crippen LogP contribution in [0.25, 0.3) is 21.7 Å². The van der Waals surface area contributed by atoms with Gasteiger partial charge >= 0.3 is 0 Å². The van der Waals surface area contributed by atoms with Crippen molar-refractivity contribution in [1.29, 1.82) is 0 Å². The van der Waals surface area contributed by atoms with Gasteiger partial charge in [-0.05, 0) is 47.5 Å². The number of halogens is 1. The smallest absolute Gasteiger partial charge is 0.276 e. The molecule has 7 heteroatoms. The molecule has 4 aromatic rings. The lowest BCUT2D eigenvalue weighted by Gasteiger charge is -2.09. The zero-order chi connectivity index (χ0) is 21.1.